The Morgan fingerprint density at radius 2 is 2.17 bits per heavy atom. The molecule has 0 aliphatic heterocycles. The van der Waals surface area contributed by atoms with Crippen LogP contribution in [-0.2, 0) is 13.1 Å². The lowest BCUT2D eigenvalue weighted by molar-refractivity contribution is 0.704. The molecule has 0 radical (unpaired) electrons. The predicted octanol–water partition coefficient (Wildman–Crippen LogP) is 3.34. The minimum atomic E-state index is 0.809. The number of nitrogens with one attached hydrogen (secondary N) is 1. The van der Waals surface area contributed by atoms with Crippen molar-refractivity contribution in [1.82, 2.24) is 14.9 Å². The minimum absolute atomic E-state index is 0.809. The first-order chi connectivity index (χ1) is 8.83. The van der Waals surface area contributed by atoms with Gasteiger partial charge in [0.05, 0.1) is 16.0 Å². The predicted molar refractivity (Wildman–Crippen MR) is 75.1 cm³/mol. The van der Waals surface area contributed by atoms with Crippen LogP contribution in [0.25, 0.3) is 5.52 Å². The van der Waals surface area contributed by atoms with E-state index < -0.39 is 0 Å². The van der Waals surface area contributed by atoms with Gasteiger partial charge < -0.3 is 5.32 Å². The third-order valence-electron chi connectivity index (χ3n) is 2.75. The molecular weight excluding hydrogens is 266 g/mol. The van der Waals surface area contributed by atoms with Crippen LogP contribution in [0.15, 0.2) is 42.7 Å². The van der Waals surface area contributed by atoms with Gasteiger partial charge >= 0.3 is 0 Å². The van der Waals surface area contributed by atoms with Crippen LogP contribution in [0.1, 0.15) is 10.4 Å². The number of hydrogen-bond acceptors (Lipinski definition) is 3. The molecule has 18 heavy (non-hydrogen) atoms. The molecule has 0 atom stereocenters. The highest BCUT2D eigenvalue weighted by Gasteiger charge is 2.03. The van der Waals surface area contributed by atoms with Gasteiger partial charge in [-0.3, -0.25) is 0 Å². The van der Waals surface area contributed by atoms with Gasteiger partial charge in [0.15, 0.2) is 0 Å². The Hall–Kier alpha value is -1.36. The zero-order valence-electron chi connectivity index (χ0n) is 9.64. The average Bonchev–Trinajstić information content (AvgIpc) is 2.97. The molecule has 92 valence electrons. The number of rotatable bonds is 4. The largest absolute Gasteiger partial charge is 0.308 e. The maximum Gasteiger partial charge on any atom is 0.0931 e. The molecule has 0 bridgehead atoms. The third-order valence-corrected chi connectivity index (χ3v) is 3.98. The van der Waals surface area contributed by atoms with Crippen LogP contribution in [0.5, 0.6) is 0 Å². The van der Waals surface area contributed by atoms with E-state index in [0.29, 0.717) is 0 Å². The van der Waals surface area contributed by atoms with E-state index in [4.69, 9.17) is 11.6 Å². The van der Waals surface area contributed by atoms with E-state index in [1.54, 1.807) is 11.3 Å². The first kappa shape index (κ1) is 11.7. The number of hydrogen-bond donors (Lipinski definition) is 1. The molecular formula is C13H12ClN3S. The maximum absolute atomic E-state index is 5.89. The number of halogens is 1. The van der Waals surface area contributed by atoms with Crippen molar-refractivity contribution in [2.45, 2.75) is 13.1 Å². The van der Waals surface area contributed by atoms with Crippen molar-refractivity contribution in [2.24, 2.45) is 0 Å². The van der Waals surface area contributed by atoms with Crippen LogP contribution in [0.3, 0.4) is 0 Å². The van der Waals surface area contributed by atoms with Gasteiger partial charge in [-0.1, -0.05) is 17.7 Å². The van der Waals surface area contributed by atoms with E-state index in [2.05, 4.69) is 22.5 Å². The summed E-state index contributed by atoms with van der Waals surface area (Å²) in [6.45, 7) is 1.64. The second-order valence-electron chi connectivity index (χ2n) is 4.01. The van der Waals surface area contributed by atoms with Gasteiger partial charge in [-0.25, -0.2) is 4.52 Å². The Bertz CT molecular complexity index is 659. The van der Waals surface area contributed by atoms with Gasteiger partial charge in [0.25, 0.3) is 0 Å². The molecule has 0 spiro atoms. The summed E-state index contributed by atoms with van der Waals surface area (Å²) >= 11 is 7.51. The molecule has 0 fully saturated rings. The fraction of sp³-hybridized carbons (Fsp3) is 0.154. The lowest BCUT2D eigenvalue weighted by Gasteiger charge is -2.01. The second kappa shape index (κ2) is 5.10. The molecule has 0 aliphatic rings. The Morgan fingerprint density at radius 3 is 3.00 bits per heavy atom. The first-order valence-corrected chi connectivity index (χ1v) is 6.88. The first-order valence-electron chi connectivity index (χ1n) is 5.69. The number of pyridine rings is 1. The molecule has 0 saturated carbocycles. The Kier molecular flexibility index (Phi) is 3.32. The summed E-state index contributed by atoms with van der Waals surface area (Å²) in [5.74, 6) is 0. The van der Waals surface area contributed by atoms with Crippen LogP contribution in [0.2, 0.25) is 4.34 Å². The van der Waals surface area contributed by atoms with Crippen molar-refractivity contribution in [3.8, 4) is 0 Å². The summed E-state index contributed by atoms with van der Waals surface area (Å²) in [5.41, 5.74) is 2.35. The zero-order valence-corrected chi connectivity index (χ0v) is 11.2. The Balaban J connectivity index is 1.66. The van der Waals surface area contributed by atoms with Crippen molar-refractivity contribution in [3.63, 3.8) is 0 Å². The molecule has 3 heterocycles. The topological polar surface area (TPSA) is 29.3 Å². The van der Waals surface area contributed by atoms with Crippen LogP contribution in [0, 0.1) is 0 Å². The highest BCUT2D eigenvalue weighted by atomic mass is 35.5. The van der Waals surface area contributed by atoms with E-state index in [-0.39, 0.29) is 0 Å². The third kappa shape index (κ3) is 2.41. The monoisotopic (exact) mass is 277 g/mol. The van der Waals surface area contributed by atoms with Crippen LogP contribution in [-0.4, -0.2) is 9.61 Å². The summed E-state index contributed by atoms with van der Waals surface area (Å²) in [6.07, 6.45) is 3.86. The maximum atomic E-state index is 5.89. The van der Waals surface area contributed by atoms with Crippen LogP contribution >= 0.6 is 22.9 Å². The smallest absolute Gasteiger partial charge is 0.0931 e. The van der Waals surface area contributed by atoms with E-state index in [1.165, 1.54) is 10.4 Å². The fourth-order valence-corrected chi connectivity index (χ4v) is 2.95. The lowest BCUT2D eigenvalue weighted by Crippen LogP contribution is -2.11. The SMILES string of the molecule is Clc1ccc(CNCc2cnn3ccccc23)s1. The molecule has 5 heteroatoms. The van der Waals surface area contributed by atoms with Crippen LogP contribution < -0.4 is 5.32 Å². The lowest BCUT2D eigenvalue weighted by atomic mass is 10.2. The van der Waals surface area contributed by atoms with Gasteiger partial charge in [-0.15, -0.1) is 11.3 Å². The summed E-state index contributed by atoms with van der Waals surface area (Å²) in [6, 6.07) is 10.1. The van der Waals surface area contributed by atoms with Crippen molar-refractivity contribution in [2.75, 3.05) is 0 Å². The molecule has 0 unspecified atom stereocenters. The molecule has 0 saturated heterocycles. The minimum Gasteiger partial charge on any atom is -0.308 e. The van der Waals surface area contributed by atoms with Gasteiger partial charge in [-0.2, -0.15) is 5.10 Å². The molecule has 0 aliphatic carbocycles. The number of fused-ring (bicyclic) bond motifs is 1. The molecule has 3 aromatic rings. The summed E-state index contributed by atoms with van der Waals surface area (Å²) in [4.78, 5) is 1.25. The quantitative estimate of drug-likeness (QED) is 0.792. The summed E-state index contributed by atoms with van der Waals surface area (Å²) < 4.78 is 2.72. The number of thiophene rings is 1. The van der Waals surface area contributed by atoms with Gasteiger partial charge in [-0.05, 0) is 24.3 Å². The van der Waals surface area contributed by atoms with Crippen molar-refractivity contribution >= 4 is 28.5 Å². The van der Waals surface area contributed by atoms with Gasteiger partial charge in [0.2, 0.25) is 0 Å². The fourth-order valence-electron chi connectivity index (χ4n) is 1.89. The molecule has 0 amide bonds. The summed E-state index contributed by atoms with van der Waals surface area (Å²) in [5, 5.41) is 7.71. The van der Waals surface area contributed by atoms with E-state index >= 15 is 0 Å². The average molecular weight is 278 g/mol. The number of nitrogens with zero attached hydrogens (tertiary/aromatic N) is 2. The Morgan fingerprint density at radius 1 is 1.22 bits per heavy atom. The van der Waals surface area contributed by atoms with Crippen molar-refractivity contribution in [3.05, 3.63) is 57.5 Å². The second-order valence-corrected chi connectivity index (χ2v) is 5.81. The van der Waals surface area contributed by atoms with Gasteiger partial charge in [0.1, 0.15) is 0 Å². The molecule has 3 nitrogen and oxygen atoms in total. The van der Waals surface area contributed by atoms with Crippen molar-refractivity contribution < 1.29 is 0 Å². The molecule has 3 rings (SSSR count). The van der Waals surface area contributed by atoms with Gasteiger partial charge in [0, 0.05) is 29.7 Å². The summed E-state index contributed by atoms with van der Waals surface area (Å²) in [7, 11) is 0. The highest BCUT2D eigenvalue weighted by molar-refractivity contribution is 7.16. The standard InChI is InChI=1S/C13H12ClN3S/c14-13-5-4-11(18-13)9-15-7-10-8-16-17-6-2-1-3-12(10)17/h1-6,8,15H,7,9H2. The Labute approximate surface area is 114 Å². The normalized spacial score (nSPS) is 11.2. The van der Waals surface area contributed by atoms with Crippen LogP contribution in [0.4, 0.5) is 0 Å². The van der Waals surface area contributed by atoms with Crippen molar-refractivity contribution in [1.29, 1.82) is 0 Å². The molecule has 1 N–H and O–H groups in total. The zero-order chi connectivity index (χ0) is 12.4. The van der Waals surface area contributed by atoms with E-state index in [1.807, 2.05) is 35.1 Å². The highest BCUT2D eigenvalue weighted by Crippen LogP contribution is 2.21. The molecule has 0 aromatic carbocycles. The van der Waals surface area contributed by atoms with E-state index in [0.717, 1.165) is 22.9 Å². The molecule has 3 aromatic heterocycles. The number of aromatic nitrogens is 2. The van der Waals surface area contributed by atoms with E-state index in [9.17, 15) is 0 Å².